The predicted octanol–water partition coefficient (Wildman–Crippen LogP) is 2.83. The fourth-order valence-corrected chi connectivity index (χ4v) is 2.38. The molecule has 112 valence electrons. The van der Waals surface area contributed by atoms with Crippen molar-refractivity contribution in [2.24, 2.45) is 0 Å². The Hall–Kier alpha value is -2.89. The summed E-state index contributed by atoms with van der Waals surface area (Å²) in [5.74, 6) is 0.119. The molecule has 0 unspecified atom stereocenters. The van der Waals surface area contributed by atoms with Crippen LogP contribution in [0.25, 0.3) is 5.69 Å². The third kappa shape index (κ3) is 2.63. The smallest absolute Gasteiger partial charge is 0.340 e. The number of ether oxygens (including phenoxy) is 1. The van der Waals surface area contributed by atoms with Gasteiger partial charge >= 0.3 is 5.97 Å². The normalized spacial score (nSPS) is 10.6. The lowest BCUT2D eigenvalue weighted by Gasteiger charge is -2.09. The highest BCUT2D eigenvalue weighted by Gasteiger charge is 2.18. The molecule has 0 amide bonds. The molecule has 3 heterocycles. The summed E-state index contributed by atoms with van der Waals surface area (Å²) in [5, 5.41) is 3.57. The lowest BCUT2D eigenvalue weighted by molar-refractivity contribution is 0.0436. The Morgan fingerprint density at radius 3 is 2.86 bits per heavy atom. The van der Waals surface area contributed by atoms with Gasteiger partial charge < -0.3 is 13.8 Å². The molecule has 6 nitrogen and oxygen atoms in total. The minimum atomic E-state index is -0.389. The third-order valence-electron chi connectivity index (χ3n) is 3.39. The zero-order chi connectivity index (χ0) is 15.5. The average Bonchev–Trinajstić information content (AvgIpc) is 3.14. The monoisotopic (exact) mass is 297 g/mol. The van der Waals surface area contributed by atoms with Crippen LogP contribution in [0.2, 0.25) is 0 Å². The van der Waals surface area contributed by atoms with Crippen molar-refractivity contribution in [1.82, 2.24) is 14.7 Å². The second-order valence-electron chi connectivity index (χ2n) is 4.89. The maximum Gasteiger partial charge on any atom is 0.340 e. The van der Waals surface area contributed by atoms with Crippen molar-refractivity contribution in [2.45, 2.75) is 20.5 Å². The molecule has 0 aromatic carbocycles. The summed E-state index contributed by atoms with van der Waals surface area (Å²) in [6, 6.07) is 7.27. The lowest BCUT2D eigenvalue weighted by Crippen LogP contribution is -2.07. The lowest BCUT2D eigenvalue weighted by atomic mass is 10.2. The van der Waals surface area contributed by atoms with Crippen LogP contribution in [0.4, 0.5) is 0 Å². The Kier molecular flexibility index (Phi) is 3.74. The van der Waals surface area contributed by atoms with E-state index in [2.05, 4.69) is 10.1 Å². The van der Waals surface area contributed by atoms with Crippen LogP contribution in [-0.4, -0.2) is 20.7 Å². The first-order valence-corrected chi connectivity index (χ1v) is 6.83. The van der Waals surface area contributed by atoms with Gasteiger partial charge in [0.05, 0.1) is 23.6 Å². The number of carbonyl (C=O) groups excluding carboxylic acids is 1. The van der Waals surface area contributed by atoms with E-state index in [1.807, 2.05) is 36.6 Å². The van der Waals surface area contributed by atoms with E-state index in [1.165, 1.54) is 6.20 Å². The minimum absolute atomic E-state index is 0.0649. The SMILES string of the molecule is Cc1cc(C(=O)OCc2ccno2)c(C)n1-c1cccnc1. The van der Waals surface area contributed by atoms with Gasteiger partial charge in [0.25, 0.3) is 0 Å². The Morgan fingerprint density at radius 2 is 2.18 bits per heavy atom. The molecule has 6 heteroatoms. The van der Waals surface area contributed by atoms with Gasteiger partial charge in [-0.05, 0) is 32.0 Å². The summed E-state index contributed by atoms with van der Waals surface area (Å²) in [6.45, 7) is 3.88. The first-order valence-electron chi connectivity index (χ1n) is 6.83. The molecular weight excluding hydrogens is 282 g/mol. The average molecular weight is 297 g/mol. The maximum atomic E-state index is 12.2. The number of pyridine rings is 1. The van der Waals surface area contributed by atoms with Gasteiger partial charge in [0.2, 0.25) is 0 Å². The number of nitrogens with zero attached hydrogens (tertiary/aromatic N) is 3. The summed E-state index contributed by atoms with van der Waals surface area (Å²) >= 11 is 0. The summed E-state index contributed by atoms with van der Waals surface area (Å²) in [6.07, 6.45) is 4.98. The van der Waals surface area contributed by atoms with Crippen LogP contribution in [0, 0.1) is 13.8 Å². The van der Waals surface area contributed by atoms with Gasteiger partial charge in [0.15, 0.2) is 12.4 Å². The molecule has 3 aromatic heterocycles. The molecule has 22 heavy (non-hydrogen) atoms. The molecule has 0 radical (unpaired) electrons. The molecular formula is C16H15N3O3. The third-order valence-corrected chi connectivity index (χ3v) is 3.39. The number of aryl methyl sites for hydroxylation is 1. The second kappa shape index (κ2) is 5.85. The molecule has 0 N–H and O–H groups in total. The van der Waals surface area contributed by atoms with Crippen molar-refractivity contribution in [3.05, 3.63) is 65.6 Å². The Labute approximate surface area is 127 Å². The predicted molar refractivity (Wildman–Crippen MR) is 78.7 cm³/mol. The molecule has 0 aliphatic heterocycles. The molecule has 0 aliphatic rings. The van der Waals surface area contributed by atoms with Gasteiger partial charge in [0, 0.05) is 23.7 Å². The standard InChI is InChI=1S/C16H15N3O3/c1-11-8-15(16(20)21-10-14-5-7-18-22-14)12(2)19(11)13-4-3-6-17-9-13/h3-9H,10H2,1-2H3. The van der Waals surface area contributed by atoms with Crippen LogP contribution in [0.15, 0.2) is 47.4 Å². The van der Waals surface area contributed by atoms with E-state index in [0.717, 1.165) is 17.1 Å². The molecule has 0 saturated heterocycles. The van der Waals surface area contributed by atoms with E-state index in [9.17, 15) is 4.79 Å². The van der Waals surface area contributed by atoms with Crippen LogP contribution in [0.1, 0.15) is 27.5 Å². The summed E-state index contributed by atoms with van der Waals surface area (Å²) < 4.78 is 12.1. The van der Waals surface area contributed by atoms with Crippen molar-refractivity contribution in [2.75, 3.05) is 0 Å². The van der Waals surface area contributed by atoms with Gasteiger partial charge in [-0.1, -0.05) is 5.16 Å². The molecule has 0 aliphatic carbocycles. The van der Waals surface area contributed by atoms with Gasteiger partial charge in [-0.15, -0.1) is 0 Å². The van der Waals surface area contributed by atoms with Gasteiger partial charge in [0.1, 0.15) is 0 Å². The zero-order valence-electron chi connectivity index (χ0n) is 12.3. The molecule has 3 aromatic rings. The number of aromatic nitrogens is 3. The van der Waals surface area contributed by atoms with E-state index >= 15 is 0 Å². The Bertz CT molecular complexity index is 777. The summed E-state index contributed by atoms with van der Waals surface area (Å²) in [5.41, 5.74) is 3.19. The molecule has 0 spiro atoms. The van der Waals surface area contributed by atoms with Gasteiger partial charge in [-0.3, -0.25) is 4.98 Å². The fourth-order valence-electron chi connectivity index (χ4n) is 2.38. The molecule has 3 rings (SSSR count). The first-order chi connectivity index (χ1) is 10.7. The second-order valence-corrected chi connectivity index (χ2v) is 4.89. The highest BCUT2D eigenvalue weighted by molar-refractivity contribution is 5.91. The van der Waals surface area contributed by atoms with Crippen molar-refractivity contribution >= 4 is 5.97 Å². The number of hydrogen-bond acceptors (Lipinski definition) is 5. The quantitative estimate of drug-likeness (QED) is 0.692. The molecule has 0 fully saturated rings. The van der Waals surface area contributed by atoms with Crippen molar-refractivity contribution < 1.29 is 14.1 Å². The molecule has 0 atom stereocenters. The van der Waals surface area contributed by atoms with Crippen LogP contribution >= 0.6 is 0 Å². The van der Waals surface area contributed by atoms with Crippen molar-refractivity contribution in [3.63, 3.8) is 0 Å². The molecule has 0 saturated carbocycles. The van der Waals surface area contributed by atoms with Crippen molar-refractivity contribution in [3.8, 4) is 5.69 Å². The van der Waals surface area contributed by atoms with E-state index in [-0.39, 0.29) is 12.6 Å². The van der Waals surface area contributed by atoms with E-state index in [1.54, 1.807) is 18.5 Å². The highest BCUT2D eigenvalue weighted by atomic mass is 16.5. The maximum absolute atomic E-state index is 12.2. The van der Waals surface area contributed by atoms with Crippen LogP contribution < -0.4 is 0 Å². The molecule has 0 bridgehead atoms. The number of carbonyl (C=O) groups is 1. The fraction of sp³-hybridized carbons (Fsp3) is 0.188. The first kappa shape index (κ1) is 14.1. The number of esters is 1. The van der Waals surface area contributed by atoms with Gasteiger partial charge in [-0.25, -0.2) is 4.79 Å². The van der Waals surface area contributed by atoms with Crippen molar-refractivity contribution in [1.29, 1.82) is 0 Å². The summed E-state index contributed by atoms with van der Waals surface area (Å²) in [7, 11) is 0. The Morgan fingerprint density at radius 1 is 1.32 bits per heavy atom. The Balaban J connectivity index is 1.84. The van der Waals surface area contributed by atoms with E-state index in [4.69, 9.17) is 9.26 Å². The topological polar surface area (TPSA) is 70.2 Å². The number of rotatable bonds is 4. The van der Waals surface area contributed by atoms with Crippen LogP contribution in [-0.2, 0) is 11.3 Å². The van der Waals surface area contributed by atoms with Crippen LogP contribution in [0.5, 0.6) is 0 Å². The zero-order valence-corrected chi connectivity index (χ0v) is 12.3. The summed E-state index contributed by atoms with van der Waals surface area (Å²) in [4.78, 5) is 16.4. The van der Waals surface area contributed by atoms with Gasteiger partial charge in [-0.2, -0.15) is 0 Å². The highest BCUT2D eigenvalue weighted by Crippen LogP contribution is 2.21. The largest absolute Gasteiger partial charge is 0.454 e. The minimum Gasteiger partial charge on any atom is -0.454 e. The van der Waals surface area contributed by atoms with Crippen LogP contribution in [0.3, 0.4) is 0 Å². The van der Waals surface area contributed by atoms with E-state index in [0.29, 0.717) is 11.3 Å². The van der Waals surface area contributed by atoms with E-state index < -0.39 is 0 Å². The number of hydrogen-bond donors (Lipinski definition) is 0.